The first-order chi connectivity index (χ1) is 9.10. The largest absolute Gasteiger partial charge is 0.496 e. The topological polar surface area (TPSA) is 62.1 Å². The van der Waals surface area contributed by atoms with Crippen LogP contribution in [-0.2, 0) is 0 Å². The predicted octanol–water partition coefficient (Wildman–Crippen LogP) is 2.57. The normalized spacial score (nSPS) is 16.7. The zero-order valence-corrected chi connectivity index (χ0v) is 11.3. The van der Waals surface area contributed by atoms with Crippen LogP contribution < -0.4 is 10.1 Å². The van der Waals surface area contributed by atoms with E-state index < -0.39 is 5.54 Å². The maximum Gasteiger partial charge on any atom is 0.256 e. The number of carbonyl (C=O) groups excluding carboxylic acids is 1. The maximum absolute atomic E-state index is 12.4. The molecule has 2 rings (SSSR count). The van der Waals surface area contributed by atoms with Gasteiger partial charge in [-0.05, 0) is 44.7 Å². The molecule has 0 heterocycles. The van der Waals surface area contributed by atoms with Crippen molar-refractivity contribution < 1.29 is 9.53 Å². The molecule has 1 saturated carbocycles. The number of hydrogen-bond donors (Lipinski definition) is 1. The third kappa shape index (κ3) is 2.70. The average Bonchev–Trinajstić information content (AvgIpc) is 2.87. The van der Waals surface area contributed by atoms with Crippen LogP contribution in [0.3, 0.4) is 0 Å². The van der Waals surface area contributed by atoms with Gasteiger partial charge in [-0.15, -0.1) is 0 Å². The molecule has 1 amide bonds. The van der Waals surface area contributed by atoms with Gasteiger partial charge >= 0.3 is 0 Å². The average molecular weight is 258 g/mol. The van der Waals surface area contributed by atoms with Gasteiger partial charge in [-0.3, -0.25) is 4.79 Å². The summed E-state index contributed by atoms with van der Waals surface area (Å²) in [6.07, 6.45) is 3.42. The van der Waals surface area contributed by atoms with Crippen LogP contribution >= 0.6 is 0 Å². The Morgan fingerprint density at radius 1 is 1.42 bits per heavy atom. The van der Waals surface area contributed by atoms with Crippen LogP contribution in [0.4, 0.5) is 0 Å². The first kappa shape index (κ1) is 13.4. The van der Waals surface area contributed by atoms with E-state index in [1.165, 1.54) is 7.11 Å². The molecule has 4 nitrogen and oxygen atoms in total. The van der Waals surface area contributed by atoms with E-state index in [1.807, 2.05) is 13.0 Å². The number of nitriles is 1. The van der Waals surface area contributed by atoms with Gasteiger partial charge in [0.25, 0.3) is 5.91 Å². The van der Waals surface area contributed by atoms with E-state index in [-0.39, 0.29) is 5.91 Å². The SMILES string of the molecule is COc1ccc(C)cc1C(=O)NC1(C#N)CCCC1. The molecule has 1 aromatic carbocycles. The molecule has 1 aliphatic rings. The van der Waals surface area contributed by atoms with Gasteiger partial charge in [0.05, 0.1) is 18.7 Å². The Morgan fingerprint density at radius 2 is 2.11 bits per heavy atom. The molecule has 0 saturated heterocycles. The molecule has 0 spiro atoms. The highest BCUT2D eigenvalue weighted by Crippen LogP contribution is 2.30. The summed E-state index contributed by atoms with van der Waals surface area (Å²) < 4.78 is 5.21. The lowest BCUT2D eigenvalue weighted by atomic mass is 9.98. The lowest BCUT2D eigenvalue weighted by Gasteiger charge is -2.22. The summed E-state index contributed by atoms with van der Waals surface area (Å²) in [6, 6.07) is 7.71. The van der Waals surface area contributed by atoms with Crippen LogP contribution in [0.15, 0.2) is 18.2 Å². The molecule has 19 heavy (non-hydrogen) atoms. The number of amides is 1. The first-order valence-electron chi connectivity index (χ1n) is 6.49. The molecular weight excluding hydrogens is 240 g/mol. The quantitative estimate of drug-likeness (QED) is 0.906. The van der Waals surface area contributed by atoms with Crippen LogP contribution in [0.2, 0.25) is 0 Å². The van der Waals surface area contributed by atoms with E-state index in [0.717, 1.165) is 31.2 Å². The summed E-state index contributed by atoms with van der Waals surface area (Å²) in [4.78, 5) is 12.4. The van der Waals surface area contributed by atoms with E-state index in [0.29, 0.717) is 11.3 Å². The number of methoxy groups -OCH3 is 1. The number of hydrogen-bond acceptors (Lipinski definition) is 3. The van der Waals surface area contributed by atoms with E-state index in [2.05, 4.69) is 11.4 Å². The summed E-state index contributed by atoms with van der Waals surface area (Å²) in [5, 5.41) is 12.2. The molecule has 0 atom stereocenters. The Labute approximate surface area is 113 Å². The number of rotatable bonds is 3. The Hall–Kier alpha value is -2.02. The Morgan fingerprint density at radius 3 is 2.68 bits per heavy atom. The summed E-state index contributed by atoms with van der Waals surface area (Å²) in [7, 11) is 1.54. The second-order valence-electron chi connectivity index (χ2n) is 5.06. The predicted molar refractivity (Wildman–Crippen MR) is 72.0 cm³/mol. The lowest BCUT2D eigenvalue weighted by Crippen LogP contribution is -2.45. The number of nitrogens with zero attached hydrogens (tertiary/aromatic N) is 1. The minimum absolute atomic E-state index is 0.232. The number of aryl methyl sites for hydroxylation is 1. The van der Waals surface area contributed by atoms with Gasteiger partial charge < -0.3 is 10.1 Å². The smallest absolute Gasteiger partial charge is 0.256 e. The third-order valence-corrected chi connectivity index (χ3v) is 3.62. The Kier molecular flexibility index (Phi) is 3.75. The molecule has 4 heteroatoms. The van der Waals surface area contributed by atoms with Gasteiger partial charge in [-0.2, -0.15) is 5.26 Å². The van der Waals surface area contributed by atoms with Gasteiger partial charge in [0.1, 0.15) is 11.3 Å². The van der Waals surface area contributed by atoms with Gasteiger partial charge in [0.15, 0.2) is 0 Å². The lowest BCUT2D eigenvalue weighted by molar-refractivity contribution is 0.0917. The van der Waals surface area contributed by atoms with Crippen LogP contribution in [-0.4, -0.2) is 18.6 Å². The highest BCUT2D eigenvalue weighted by Gasteiger charge is 2.36. The van der Waals surface area contributed by atoms with Gasteiger partial charge in [0, 0.05) is 0 Å². The number of benzene rings is 1. The van der Waals surface area contributed by atoms with Crippen LogP contribution in [0.5, 0.6) is 5.75 Å². The van der Waals surface area contributed by atoms with E-state index >= 15 is 0 Å². The van der Waals surface area contributed by atoms with Crippen molar-refractivity contribution >= 4 is 5.91 Å². The Bertz CT molecular complexity index is 525. The summed E-state index contributed by atoms with van der Waals surface area (Å²) in [5.41, 5.74) is 0.777. The maximum atomic E-state index is 12.4. The minimum atomic E-state index is -0.703. The number of nitrogens with one attached hydrogen (secondary N) is 1. The second-order valence-corrected chi connectivity index (χ2v) is 5.06. The van der Waals surface area contributed by atoms with Gasteiger partial charge in [-0.1, -0.05) is 11.6 Å². The molecule has 1 aliphatic carbocycles. The van der Waals surface area contributed by atoms with Crippen LogP contribution in [0, 0.1) is 18.3 Å². The van der Waals surface area contributed by atoms with Gasteiger partial charge in [0.2, 0.25) is 0 Å². The minimum Gasteiger partial charge on any atom is -0.496 e. The highest BCUT2D eigenvalue weighted by atomic mass is 16.5. The van der Waals surface area contributed by atoms with Crippen LogP contribution in [0.25, 0.3) is 0 Å². The van der Waals surface area contributed by atoms with Gasteiger partial charge in [-0.25, -0.2) is 0 Å². The zero-order valence-electron chi connectivity index (χ0n) is 11.3. The van der Waals surface area contributed by atoms with Crippen molar-refractivity contribution in [1.29, 1.82) is 5.26 Å². The Balaban J connectivity index is 2.25. The summed E-state index contributed by atoms with van der Waals surface area (Å²) in [5.74, 6) is 0.304. The molecule has 0 radical (unpaired) electrons. The van der Waals surface area contributed by atoms with Crippen molar-refractivity contribution in [2.75, 3.05) is 7.11 Å². The van der Waals surface area contributed by atoms with E-state index in [9.17, 15) is 10.1 Å². The van der Waals surface area contributed by atoms with Crippen molar-refractivity contribution in [2.24, 2.45) is 0 Å². The second kappa shape index (κ2) is 5.31. The molecule has 100 valence electrons. The van der Waals surface area contributed by atoms with Crippen molar-refractivity contribution in [3.05, 3.63) is 29.3 Å². The van der Waals surface area contributed by atoms with Crippen molar-refractivity contribution in [2.45, 2.75) is 38.1 Å². The first-order valence-corrected chi connectivity index (χ1v) is 6.49. The van der Waals surface area contributed by atoms with Crippen molar-refractivity contribution in [3.63, 3.8) is 0 Å². The highest BCUT2D eigenvalue weighted by molar-refractivity contribution is 5.97. The summed E-state index contributed by atoms with van der Waals surface area (Å²) in [6.45, 7) is 1.92. The standard InChI is InChI=1S/C15H18N2O2/c1-11-5-6-13(19-2)12(9-11)14(18)17-15(10-16)7-3-4-8-15/h5-6,9H,3-4,7-8H2,1-2H3,(H,17,18). The molecule has 1 aromatic rings. The third-order valence-electron chi connectivity index (χ3n) is 3.62. The van der Waals surface area contributed by atoms with E-state index in [4.69, 9.17) is 4.74 Å². The fourth-order valence-electron chi connectivity index (χ4n) is 2.53. The molecule has 0 bridgehead atoms. The monoisotopic (exact) mass is 258 g/mol. The molecule has 1 N–H and O–H groups in total. The fourth-order valence-corrected chi connectivity index (χ4v) is 2.53. The number of ether oxygens (including phenoxy) is 1. The molecule has 0 aliphatic heterocycles. The zero-order chi connectivity index (χ0) is 13.9. The van der Waals surface area contributed by atoms with Crippen LogP contribution in [0.1, 0.15) is 41.6 Å². The molecule has 0 unspecified atom stereocenters. The van der Waals surface area contributed by atoms with Crippen molar-refractivity contribution in [3.8, 4) is 11.8 Å². The number of carbonyl (C=O) groups is 1. The fraction of sp³-hybridized carbons (Fsp3) is 0.467. The van der Waals surface area contributed by atoms with E-state index in [1.54, 1.807) is 12.1 Å². The molecule has 1 fully saturated rings. The summed E-state index contributed by atoms with van der Waals surface area (Å²) >= 11 is 0. The molecular formula is C15H18N2O2. The molecule has 0 aromatic heterocycles. The van der Waals surface area contributed by atoms with Crippen molar-refractivity contribution in [1.82, 2.24) is 5.32 Å².